The van der Waals surface area contributed by atoms with Crippen LogP contribution in [-0.4, -0.2) is 39.7 Å². The maximum absolute atomic E-state index is 11.7. The van der Waals surface area contributed by atoms with E-state index in [0.717, 1.165) is 0 Å². The van der Waals surface area contributed by atoms with Crippen LogP contribution in [0.25, 0.3) is 5.73 Å². The Morgan fingerprint density at radius 1 is 1.45 bits per heavy atom. The van der Waals surface area contributed by atoms with Crippen molar-refractivity contribution in [1.29, 1.82) is 0 Å². The van der Waals surface area contributed by atoms with E-state index in [9.17, 15) is 8.42 Å². The number of hydrogen-bond acceptors (Lipinski definition) is 3. The van der Waals surface area contributed by atoms with Crippen LogP contribution in [0.15, 0.2) is 27.5 Å². The molecule has 20 heavy (non-hydrogen) atoms. The number of amides is 1. The van der Waals surface area contributed by atoms with Gasteiger partial charge in [0.15, 0.2) is 0 Å². The largest absolute Gasteiger partial charge is 3.00 e. The summed E-state index contributed by atoms with van der Waals surface area (Å²) in [6.07, 6.45) is 1.27. The van der Waals surface area contributed by atoms with Crippen molar-refractivity contribution < 1.29 is 45.9 Å². The zero-order valence-electron chi connectivity index (χ0n) is 11.9. The maximum Gasteiger partial charge on any atom is 3.00 e. The second-order valence-electron chi connectivity index (χ2n) is 3.91. The molecular formula is C12H17N3O3SY+. The van der Waals surface area contributed by atoms with Gasteiger partial charge in [0.25, 0.3) is 0 Å². The van der Waals surface area contributed by atoms with Gasteiger partial charge in [0, 0.05) is 20.0 Å². The second kappa shape index (κ2) is 10.0. The first-order chi connectivity index (χ1) is 8.66. The van der Waals surface area contributed by atoms with Crippen molar-refractivity contribution in [2.45, 2.75) is 18.7 Å². The first-order valence-corrected chi connectivity index (χ1v) is 6.76. The molecule has 1 N–H and O–H groups in total. The van der Waals surface area contributed by atoms with Crippen molar-refractivity contribution in [3.63, 3.8) is 0 Å². The third kappa shape index (κ3) is 9.17. The summed E-state index contributed by atoms with van der Waals surface area (Å²) >= 11 is 0. The molecule has 0 aromatic heterocycles. The Labute approximate surface area is 145 Å². The first kappa shape index (κ1) is 21.5. The Balaban J connectivity index is 0. The summed E-state index contributed by atoms with van der Waals surface area (Å²) in [6, 6.07) is 7.52. The Kier molecular flexibility index (Phi) is 10.8. The summed E-state index contributed by atoms with van der Waals surface area (Å²) in [5.74, 6) is -0.583. The van der Waals surface area contributed by atoms with Crippen molar-refractivity contribution in [2.75, 3.05) is 14.1 Å². The molecular weight excluding hydrogens is 355 g/mol. The Morgan fingerprint density at radius 3 is 2.35 bits per heavy atom. The Hall–Kier alpha value is -0.786. The molecule has 106 valence electrons. The van der Waals surface area contributed by atoms with Gasteiger partial charge in [0.1, 0.15) is 6.34 Å². The normalized spacial score (nSPS) is 10.2. The van der Waals surface area contributed by atoms with Crippen LogP contribution in [0.5, 0.6) is 0 Å². The predicted octanol–water partition coefficient (Wildman–Crippen LogP) is 1.66. The van der Waals surface area contributed by atoms with Crippen LogP contribution < -0.4 is 0 Å². The van der Waals surface area contributed by atoms with Crippen LogP contribution in [0.4, 0.5) is 0 Å². The van der Waals surface area contributed by atoms with Crippen LogP contribution in [0.3, 0.4) is 0 Å². The molecule has 0 aliphatic heterocycles. The fourth-order valence-electron chi connectivity index (χ4n) is 0.984. The van der Waals surface area contributed by atoms with Crippen LogP contribution >= 0.6 is 0 Å². The molecule has 0 aliphatic rings. The molecule has 0 bridgehead atoms. The third-order valence-corrected chi connectivity index (χ3v) is 3.09. The van der Waals surface area contributed by atoms with E-state index in [1.165, 1.54) is 19.3 Å². The third-order valence-electron chi connectivity index (χ3n) is 1.73. The average Bonchev–Trinajstić information content (AvgIpc) is 2.26. The van der Waals surface area contributed by atoms with Crippen LogP contribution in [0.2, 0.25) is 0 Å². The SMILES string of the molecule is CC([NH-])=O.Cc1cc[c-]cc1S(=O)(=O)/N=C/N(C)C.[Y+3]. The van der Waals surface area contributed by atoms with Crippen LogP contribution in [0.1, 0.15) is 12.5 Å². The Morgan fingerprint density at radius 2 is 1.95 bits per heavy atom. The summed E-state index contributed by atoms with van der Waals surface area (Å²) in [7, 11) is -0.167. The van der Waals surface area contributed by atoms with Gasteiger partial charge in [-0.15, -0.1) is 5.56 Å². The zero-order valence-corrected chi connectivity index (χ0v) is 15.6. The van der Waals surface area contributed by atoms with E-state index in [0.29, 0.717) is 5.56 Å². The summed E-state index contributed by atoms with van der Waals surface area (Å²) in [5, 5.41) is 0. The summed E-state index contributed by atoms with van der Waals surface area (Å²) in [5.41, 5.74) is 6.62. The van der Waals surface area contributed by atoms with Crippen molar-refractivity contribution in [2.24, 2.45) is 4.40 Å². The van der Waals surface area contributed by atoms with Crippen molar-refractivity contribution in [1.82, 2.24) is 4.90 Å². The number of benzene rings is 1. The number of nitrogens with zero attached hydrogens (tertiary/aromatic N) is 2. The summed E-state index contributed by atoms with van der Waals surface area (Å²) in [6.45, 7) is 2.92. The van der Waals surface area contributed by atoms with E-state index in [1.807, 2.05) is 0 Å². The average molecular weight is 372 g/mol. The molecule has 1 aromatic carbocycles. The van der Waals surface area contributed by atoms with E-state index < -0.39 is 15.9 Å². The Bertz CT molecular complexity index is 553. The van der Waals surface area contributed by atoms with Gasteiger partial charge >= 0.3 is 32.7 Å². The number of carbonyl (C=O) groups excluding carboxylic acids is 1. The van der Waals surface area contributed by atoms with Crippen molar-refractivity contribution in [3.8, 4) is 0 Å². The molecule has 0 radical (unpaired) electrons. The standard InChI is InChI=1S/C10H13N2O2S.C2H5NO.Y/c1-9-6-4-5-7-10(9)15(13,14)11-8-12(2)3;1-2(3)4;/h4,6-8H,1-3H3;1H3,(H2,3,4);/q-1;;+3/p-1/b11-8+;;. The molecule has 0 fully saturated rings. The number of nitrogens with one attached hydrogen (secondary N) is 1. The molecule has 1 amide bonds. The quantitative estimate of drug-likeness (QED) is 0.458. The molecule has 0 spiro atoms. The molecule has 0 atom stereocenters. The number of aryl methyl sites for hydroxylation is 1. The van der Waals surface area contributed by atoms with Gasteiger partial charge in [-0.2, -0.15) is 28.7 Å². The minimum Gasteiger partial charge on any atom is -0.668 e. The molecule has 6 nitrogen and oxygen atoms in total. The van der Waals surface area contributed by atoms with E-state index in [-0.39, 0.29) is 37.6 Å². The minimum atomic E-state index is -3.59. The molecule has 0 aliphatic carbocycles. The van der Waals surface area contributed by atoms with Gasteiger partial charge in [-0.25, -0.2) is 8.42 Å². The van der Waals surface area contributed by atoms with Gasteiger partial charge in [0.2, 0.25) is 10.0 Å². The van der Waals surface area contributed by atoms with E-state index in [2.05, 4.69) is 10.5 Å². The maximum atomic E-state index is 11.7. The van der Waals surface area contributed by atoms with Gasteiger partial charge in [0.05, 0.1) is 0 Å². The molecule has 1 aromatic rings. The number of carbonyl (C=O) groups is 1. The monoisotopic (exact) mass is 372 g/mol. The zero-order chi connectivity index (χ0) is 15.1. The van der Waals surface area contributed by atoms with E-state index in [1.54, 1.807) is 38.1 Å². The van der Waals surface area contributed by atoms with Gasteiger partial charge in [-0.1, -0.05) is 6.92 Å². The first-order valence-electron chi connectivity index (χ1n) is 5.32. The molecule has 0 saturated carbocycles. The second-order valence-corrected chi connectivity index (χ2v) is 5.51. The molecule has 0 saturated heterocycles. The number of sulfonamides is 1. The molecule has 0 heterocycles. The summed E-state index contributed by atoms with van der Waals surface area (Å²) in [4.78, 5) is 10.9. The summed E-state index contributed by atoms with van der Waals surface area (Å²) < 4.78 is 27.0. The molecule has 8 heteroatoms. The van der Waals surface area contributed by atoms with Crippen LogP contribution in [0, 0.1) is 13.0 Å². The van der Waals surface area contributed by atoms with Gasteiger partial charge in [-0.05, 0) is 11.8 Å². The van der Waals surface area contributed by atoms with Gasteiger partial charge in [-0.3, -0.25) is 0 Å². The van der Waals surface area contributed by atoms with Crippen molar-refractivity contribution in [3.05, 3.63) is 35.6 Å². The predicted molar refractivity (Wildman–Crippen MR) is 74.4 cm³/mol. The molecule has 1 rings (SSSR count). The topological polar surface area (TPSA) is 90.6 Å². The number of rotatable bonds is 3. The van der Waals surface area contributed by atoms with Crippen molar-refractivity contribution >= 4 is 22.3 Å². The fourth-order valence-corrected chi connectivity index (χ4v) is 2.10. The smallest absolute Gasteiger partial charge is 0.668 e. The minimum absolute atomic E-state index is 0. The van der Waals surface area contributed by atoms with Crippen LogP contribution in [-0.2, 0) is 47.5 Å². The fraction of sp³-hybridized carbons (Fsp3) is 0.333. The van der Waals surface area contributed by atoms with E-state index in [4.69, 9.17) is 10.5 Å². The number of hydrogen-bond donors (Lipinski definition) is 0. The van der Waals surface area contributed by atoms with Gasteiger partial charge < -0.3 is 15.4 Å². The molecule has 0 unspecified atom stereocenters. The van der Waals surface area contributed by atoms with E-state index >= 15 is 0 Å².